The van der Waals surface area contributed by atoms with Gasteiger partial charge in [-0.3, -0.25) is 4.79 Å². The van der Waals surface area contributed by atoms with Crippen LogP contribution in [0.4, 0.5) is 0 Å². The maximum atomic E-state index is 12.0. The molecular weight excluding hydrogens is 268 g/mol. The summed E-state index contributed by atoms with van der Waals surface area (Å²) in [6, 6.07) is 14.2. The molecule has 0 spiro atoms. The van der Waals surface area contributed by atoms with Crippen LogP contribution in [-0.2, 0) is 17.6 Å². The van der Waals surface area contributed by atoms with Crippen LogP contribution in [0.5, 0.6) is 0 Å². The Morgan fingerprint density at radius 1 is 1.00 bits per heavy atom. The molecule has 0 atom stereocenters. The predicted molar refractivity (Wildman–Crippen MR) is 84.4 cm³/mol. The summed E-state index contributed by atoms with van der Waals surface area (Å²) >= 11 is 6.16. The van der Waals surface area contributed by atoms with Gasteiger partial charge in [-0.2, -0.15) is 0 Å². The molecule has 20 heavy (non-hydrogen) atoms. The standard InChI is InChI=1S/C18H19ClO/c1-13-3-6-15(7-4-13)8-10-17(20)12-16-9-5-14(2)11-18(16)19/h3-7,9,11H,8,10,12H2,1-2H3. The Balaban J connectivity index is 1.90. The molecular formula is C18H19ClO. The third kappa shape index (κ3) is 4.21. The summed E-state index contributed by atoms with van der Waals surface area (Å²) < 4.78 is 0. The van der Waals surface area contributed by atoms with Gasteiger partial charge in [0.1, 0.15) is 5.78 Å². The molecule has 0 unspecified atom stereocenters. The maximum absolute atomic E-state index is 12.0. The average Bonchev–Trinajstić information content (AvgIpc) is 2.41. The number of aryl methyl sites for hydroxylation is 3. The van der Waals surface area contributed by atoms with Crippen molar-refractivity contribution in [2.45, 2.75) is 33.1 Å². The van der Waals surface area contributed by atoms with Crippen LogP contribution in [0.3, 0.4) is 0 Å². The topological polar surface area (TPSA) is 17.1 Å². The number of Topliss-reactive ketones (excluding diaryl/α,β-unsaturated/α-hetero) is 1. The van der Waals surface area contributed by atoms with E-state index in [1.165, 1.54) is 11.1 Å². The Hall–Kier alpha value is -1.60. The van der Waals surface area contributed by atoms with Gasteiger partial charge in [-0.1, -0.05) is 53.6 Å². The Morgan fingerprint density at radius 3 is 2.30 bits per heavy atom. The first kappa shape index (κ1) is 14.8. The van der Waals surface area contributed by atoms with Gasteiger partial charge in [0, 0.05) is 17.9 Å². The van der Waals surface area contributed by atoms with Gasteiger partial charge in [-0.25, -0.2) is 0 Å². The molecule has 2 aromatic rings. The van der Waals surface area contributed by atoms with Gasteiger partial charge in [-0.15, -0.1) is 0 Å². The van der Waals surface area contributed by atoms with Crippen LogP contribution in [0.2, 0.25) is 5.02 Å². The van der Waals surface area contributed by atoms with E-state index in [0.717, 1.165) is 17.5 Å². The lowest BCUT2D eigenvalue weighted by Crippen LogP contribution is -2.05. The van der Waals surface area contributed by atoms with E-state index in [9.17, 15) is 4.79 Å². The third-order valence-electron chi connectivity index (χ3n) is 3.41. The zero-order valence-corrected chi connectivity index (χ0v) is 12.7. The zero-order valence-electron chi connectivity index (χ0n) is 11.9. The van der Waals surface area contributed by atoms with E-state index in [1.54, 1.807) is 0 Å². The van der Waals surface area contributed by atoms with Gasteiger partial charge in [-0.05, 0) is 43.0 Å². The SMILES string of the molecule is Cc1ccc(CCC(=O)Cc2ccc(C)cc2Cl)cc1. The Kier molecular flexibility index (Phi) is 4.97. The van der Waals surface area contributed by atoms with Crippen molar-refractivity contribution in [3.63, 3.8) is 0 Å². The molecule has 2 aromatic carbocycles. The summed E-state index contributed by atoms with van der Waals surface area (Å²) in [4.78, 5) is 12.0. The number of halogens is 1. The number of benzene rings is 2. The fraction of sp³-hybridized carbons (Fsp3) is 0.278. The van der Waals surface area contributed by atoms with Crippen LogP contribution >= 0.6 is 11.6 Å². The highest BCUT2D eigenvalue weighted by Crippen LogP contribution is 2.19. The molecule has 0 N–H and O–H groups in total. The minimum Gasteiger partial charge on any atom is -0.299 e. The first-order chi connectivity index (χ1) is 9.54. The monoisotopic (exact) mass is 286 g/mol. The third-order valence-corrected chi connectivity index (χ3v) is 3.76. The molecule has 104 valence electrons. The van der Waals surface area contributed by atoms with Crippen molar-refractivity contribution in [1.29, 1.82) is 0 Å². The van der Waals surface area contributed by atoms with Gasteiger partial charge >= 0.3 is 0 Å². The summed E-state index contributed by atoms with van der Waals surface area (Å²) in [5, 5.41) is 0.689. The molecule has 0 fully saturated rings. The van der Waals surface area contributed by atoms with Gasteiger partial charge in [0.2, 0.25) is 0 Å². The van der Waals surface area contributed by atoms with Crippen LogP contribution in [0, 0.1) is 13.8 Å². The number of rotatable bonds is 5. The van der Waals surface area contributed by atoms with E-state index < -0.39 is 0 Å². The number of carbonyl (C=O) groups excluding carboxylic acids is 1. The fourth-order valence-electron chi connectivity index (χ4n) is 2.14. The van der Waals surface area contributed by atoms with E-state index >= 15 is 0 Å². The quantitative estimate of drug-likeness (QED) is 0.778. The Morgan fingerprint density at radius 2 is 1.65 bits per heavy atom. The van der Waals surface area contributed by atoms with Crippen LogP contribution < -0.4 is 0 Å². The van der Waals surface area contributed by atoms with E-state index in [2.05, 4.69) is 31.2 Å². The van der Waals surface area contributed by atoms with Crippen LogP contribution in [0.25, 0.3) is 0 Å². The fourth-order valence-corrected chi connectivity index (χ4v) is 2.44. The van der Waals surface area contributed by atoms with Gasteiger partial charge < -0.3 is 0 Å². The Labute approximate surface area is 125 Å². The molecule has 0 aliphatic carbocycles. The largest absolute Gasteiger partial charge is 0.299 e. The summed E-state index contributed by atoms with van der Waals surface area (Å²) in [5.41, 5.74) is 4.49. The van der Waals surface area contributed by atoms with E-state index in [4.69, 9.17) is 11.6 Å². The maximum Gasteiger partial charge on any atom is 0.137 e. The van der Waals surface area contributed by atoms with Crippen molar-refractivity contribution in [2.24, 2.45) is 0 Å². The molecule has 0 saturated carbocycles. The highest BCUT2D eigenvalue weighted by molar-refractivity contribution is 6.31. The number of hydrogen-bond acceptors (Lipinski definition) is 1. The second-order valence-corrected chi connectivity index (χ2v) is 5.70. The Bertz CT molecular complexity index is 599. The van der Waals surface area contributed by atoms with Crippen LogP contribution in [0.15, 0.2) is 42.5 Å². The van der Waals surface area contributed by atoms with Gasteiger partial charge in [0.25, 0.3) is 0 Å². The lowest BCUT2D eigenvalue weighted by atomic mass is 10.0. The second-order valence-electron chi connectivity index (χ2n) is 5.30. The van der Waals surface area contributed by atoms with Crippen molar-refractivity contribution in [3.05, 3.63) is 69.7 Å². The number of ketones is 1. The first-order valence-corrected chi connectivity index (χ1v) is 7.24. The molecule has 0 amide bonds. The van der Waals surface area contributed by atoms with Crippen molar-refractivity contribution in [3.8, 4) is 0 Å². The molecule has 1 nitrogen and oxygen atoms in total. The summed E-state index contributed by atoms with van der Waals surface area (Å²) in [6.07, 6.45) is 1.78. The normalized spacial score (nSPS) is 10.6. The van der Waals surface area contributed by atoms with Crippen molar-refractivity contribution < 1.29 is 4.79 Å². The minimum absolute atomic E-state index is 0.233. The average molecular weight is 287 g/mol. The van der Waals surface area contributed by atoms with Crippen molar-refractivity contribution in [1.82, 2.24) is 0 Å². The highest BCUT2D eigenvalue weighted by Gasteiger charge is 2.07. The highest BCUT2D eigenvalue weighted by atomic mass is 35.5. The van der Waals surface area contributed by atoms with E-state index in [0.29, 0.717) is 17.9 Å². The van der Waals surface area contributed by atoms with Gasteiger partial charge in [0.15, 0.2) is 0 Å². The van der Waals surface area contributed by atoms with E-state index in [-0.39, 0.29) is 5.78 Å². The van der Waals surface area contributed by atoms with Crippen molar-refractivity contribution in [2.75, 3.05) is 0 Å². The minimum atomic E-state index is 0.233. The molecule has 0 radical (unpaired) electrons. The first-order valence-electron chi connectivity index (χ1n) is 6.87. The lowest BCUT2D eigenvalue weighted by Gasteiger charge is -2.05. The summed E-state index contributed by atoms with van der Waals surface area (Å²) in [5.74, 6) is 0.233. The molecule has 2 rings (SSSR count). The lowest BCUT2D eigenvalue weighted by molar-refractivity contribution is -0.118. The second kappa shape index (κ2) is 6.71. The summed E-state index contributed by atoms with van der Waals surface area (Å²) in [7, 11) is 0. The van der Waals surface area contributed by atoms with Crippen molar-refractivity contribution >= 4 is 17.4 Å². The molecule has 0 aliphatic rings. The molecule has 0 bridgehead atoms. The molecule has 0 heterocycles. The van der Waals surface area contributed by atoms with Crippen LogP contribution in [0.1, 0.15) is 28.7 Å². The van der Waals surface area contributed by atoms with E-state index in [1.807, 2.05) is 25.1 Å². The molecule has 0 aromatic heterocycles. The predicted octanol–water partition coefficient (Wildman–Crippen LogP) is 4.70. The summed E-state index contributed by atoms with van der Waals surface area (Å²) in [6.45, 7) is 4.06. The molecule has 0 aliphatic heterocycles. The number of carbonyl (C=O) groups is 1. The van der Waals surface area contributed by atoms with Gasteiger partial charge in [0.05, 0.1) is 0 Å². The number of hydrogen-bond donors (Lipinski definition) is 0. The molecule has 2 heteroatoms. The zero-order chi connectivity index (χ0) is 14.5. The van der Waals surface area contributed by atoms with Crippen LogP contribution in [-0.4, -0.2) is 5.78 Å². The smallest absolute Gasteiger partial charge is 0.137 e. The molecule has 0 saturated heterocycles.